The van der Waals surface area contributed by atoms with Crippen LogP contribution in [0.5, 0.6) is 0 Å². The van der Waals surface area contributed by atoms with Gasteiger partial charge in [-0.15, -0.1) is 0 Å². The van der Waals surface area contributed by atoms with Gasteiger partial charge in [0.15, 0.2) is 0 Å². The van der Waals surface area contributed by atoms with Crippen molar-refractivity contribution in [2.75, 3.05) is 5.32 Å². The lowest BCUT2D eigenvalue weighted by molar-refractivity contribution is -0.385. The van der Waals surface area contributed by atoms with E-state index in [0.29, 0.717) is 0 Å². The number of nitrogens with one attached hydrogen (secondary N) is 2. The number of rotatable bonds is 4. The summed E-state index contributed by atoms with van der Waals surface area (Å²) >= 11 is 0. The van der Waals surface area contributed by atoms with Gasteiger partial charge in [0.05, 0.1) is 22.8 Å². The summed E-state index contributed by atoms with van der Waals surface area (Å²) in [5.74, 6) is -1.75. The second kappa shape index (κ2) is 8.08. The van der Waals surface area contributed by atoms with Gasteiger partial charge >= 0.3 is 6.18 Å². The fourth-order valence-corrected chi connectivity index (χ4v) is 3.50. The van der Waals surface area contributed by atoms with E-state index in [1.165, 1.54) is 43.5 Å². The van der Waals surface area contributed by atoms with E-state index in [4.69, 9.17) is 5.26 Å². The van der Waals surface area contributed by atoms with E-state index in [1.807, 2.05) is 6.07 Å². The van der Waals surface area contributed by atoms with Crippen molar-refractivity contribution in [1.82, 2.24) is 10.3 Å². The number of carbonyl (C=O) groups excluding carboxylic acids is 1. The molecule has 0 aliphatic carbocycles. The molecule has 2 heterocycles. The van der Waals surface area contributed by atoms with E-state index in [-0.39, 0.29) is 34.6 Å². The molecule has 11 heteroatoms. The Kier molecular flexibility index (Phi) is 5.71. The molecule has 3 unspecified atom stereocenters. The maximum Gasteiger partial charge on any atom is 0.404 e. The highest BCUT2D eigenvalue weighted by Crippen LogP contribution is 2.40. The number of nitro groups is 1. The Hall–Kier alpha value is -3.52. The average molecular weight is 419 g/mol. The molecular formula is C19H16F3N5O3. The molecule has 1 aromatic carbocycles. The second-order valence-corrected chi connectivity index (χ2v) is 6.92. The number of nitriles is 1. The number of aromatic nitrogens is 1. The summed E-state index contributed by atoms with van der Waals surface area (Å²) in [6, 6.07) is 5.33. The highest BCUT2D eigenvalue weighted by atomic mass is 19.4. The summed E-state index contributed by atoms with van der Waals surface area (Å²) in [5, 5.41) is 24.5. The molecule has 0 radical (unpaired) electrons. The normalized spacial score (nSPS) is 21.1. The molecule has 1 aromatic heterocycles. The van der Waals surface area contributed by atoms with Crippen molar-refractivity contribution in [2.45, 2.75) is 37.5 Å². The number of aryl methyl sites for hydroxylation is 1. The first-order chi connectivity index (χ1) is 14.1. The van der Waals surface area contributed by atoms with Crippen LogP contribution in [0.2, 0.25) is 0 Å². The summed E-state index contributed by atoms with van der Waals surface area (Å²) in [7, 11) is 0. The molecule has 1 fully saturated rings. The summed E-state index contributed by atoms with van der Waals surface area (Å²) < 4.78 is 40.8. The molecule has 3 atom stereocenters. The van der Waals surface area contributed by atoms with E-state index >= 15 is 0 Å². The Morgan fingerprint density at radius 3 is 2.63 bits per heavy atom. The monoisotopic (exact) mass is 419 g/mol. The molecule has 0 spiro atoms. The zero-order valence-electron chi connectivity index (χ0n) is 15.6. The number of alkyl halides is 3. The van der Waals surface area contributed by atoms with Crippen LogP contribution in [0.25, 0.3) is 0 Å². The van der Waals surface area contributed by atoms with Crippen LogP contribution in [0.15, 0.2) is 36.5 Å². The topological polar surface area (TPSA) is 121 Å². The SMILES string of the molecule is Cc1cc(C2CC(C(=O)Nc3ccc(C#N)nc3)NC2C(F)(F)F)ccc1[N+](=O)[O-]. The Labute approximate surface area is 168 Å². The third-order valence-electron chi connectivity index (χ3n) is 4.93. The van der Waals surface area contributed by atoms with Crippen molar-refractivity contribution >= 4 is 17.3 Å². The van der Waals surface area contributed by atoms with Gasteiger partial charge in [-0.3, -0.25) is 20.2 Å². The van der Waals surface area contributed by atoms with Gasteiger partial charge in [-0.25, -0.2) is 4.98 Å². The molecular weight excluding hydrogens is 403 g/mol. The lowest BCUT2D eigenvalue weighted by Crippen LogP contribution is -2.46. The fourth-order valence-electron chi connectivity index (χ4n) is 3.50. The summed E-state index contributed by atoms with van der Waals surface area (Å²) in [4.78, 5) is 26.7. The first-order valence-electron chi connectivity index (χ1n) is 8.85. The largest absolute Gasteiger partial charge is 0.404 e. The van der Waals surface area contributed by atoms with Crippen molar-refractivity contribution in [2.24, 2.45) is 0 Å². The van der Waals surface area contributed by atoms with Crippen molar-refractivity contribution in [3.63, 3.8) is 0 Å². The zero-order valence-corrected chi connectivity index (χ0v) is 15.6. The van der Waals surface area contributed by atoms with Gasteiger partial charge in [-0.05, 0) is 37.1 Å². The second-order valence-electron chi connectivity index (χ2n) is 6.92. The quantitative estimate of drug-likeness (QED) is 0.580. The van der Waals surface area contributed by atoms with Gasteiger partial charge in [0, 0.05) is 17.5 Å². The smallest absolute Gasteiger partial charge is 0.323 e. The van der Waals surface area contributed by atoms with E-state index in [0.717, 1.165) is 0 Å². The maximum atomic E-state index is 13.6. The Balaban J connectivity index is 1.82. The third-order valence-corrected chi connectivity index (χ3v) is 4.93. The number of nitrogens with zero attached hydrogens (tertiary/aromatic N) is 3. The van der Waals surface area contributed by atoms with Gasteiger partial charge in [-0.2, -0.15) is 18.4 Å². The van der Waals surface area contributed by atoms with E-state index in [1.54, 1.807) is 0 Å². The molecule has 3 rings (SSSR count). The average Bonchev–Trinajstić information content (AvgIpc) is 3.14. The van der Waals surface area contributed by atoms with Crippen LogP contribution >= 0.6 is 0 Å². The van der Waals surface area contributed by atoms with Crippen LogP contribution in [0.4, 0.5) is 24.5 Å². The first-order valence-corrected chi connectivity index (χ1v) is 8.85. The number of carbonyl (C=O) groups is 1. The van der Waals surface area contributed by atoms with Crippen molar-refractivity contribution in [1.29, 1.82) is 5.26 Å². The van der Waals surface area contributed by atoms with Crippen molar-refractivity contribution in [3.05, 3.63) is 63.5 Å². The molecule has 156 valence electrons. The van der Waals surface area contributed by atoms with Crippen LogP contribution < -0.4 is 10.6 Å². The molecule has 2 aromatic rings. The van der Waals surface area contributed by atoms with Gasteiger partial charge in [0.2, 0.25) is 5.91 Å². The molecule has 8 nitrogen and oxygen atoms in total. The van der Waals surface area contributed by atoms with Gasteiger partial charge < -0.3 is 5.32 Å². The summed E-state index contributed by atoms with van der Waals surface area (Å²) in [6.45, 7) is 1.45. The van der Waals surface area contributed by atoms with Crippen LogP contribution in [-0.2, 0) is 4.79 Å². The Bertz CT molecular complexity index is 1020. The number of benzene rings is 1. The molecule has 1 saturated heterocycles. The number of amides is 1. The molecule has 0 bridgehead atoms. The summed E-state index contributed by atoms with van der Waals surface area (Å²) in [6.07, 6.45) is -3.52. The van der Waals surface area contributed by atoms with E-state index in [2.05, 4.69) is 15.6 Å². The third kappa shape index (κ3) is 4.38. The number of halogens is 3. The van der Waals surface area contributed by atoms with Crippen LogP contribution in [0.3, 0.4) is 0 Å². The number of pyridine rings is 1. The fraction of sp³-hybridized carbons (Fsp3) is 0.316. The Morgan fingerprint density at radius 1 is 1.37 bits per heavy atom. The predicted molar refractivity (Wildman–Crippen MR) is 99.5 cm³/mol. The molecule has 1 amide bonds. The number of hydrogen-bond donors (Lipinski definition) is 2. The van der Waals surface area contributed by atoms with Crippen molar-refractivity contribution < 1.29 is 22.9 Å². The molecule has 30 heavy (non-hydrogen) atoms. The minimum Gasteiger partial charge on any atom is -0.323 e. The van der Waals surface area contributed by atoms with Gasteiger partial charge in [0.25, 0.3) is 5.69 Å². The minimum atomic E-state index is -4.62. The number of anilines is 1. The molecule has 1 aliphatic rings. The predicted octanol–water partition coefficient (Wildman–Crippen LogP) is 3.19. The summed E-state index contributed by atoms with van der Waals surface area (Å²) in [5.41, 5.74) is 0.714. The Morgan fingerprint density at radius 2 is 2.10 bits per heavy atom. The van der Waals surface area contributed by atoms with Crippen LogP contribution in [-0.4, -0.2) is 34.1 Å². The van der Waals surface area contributed by atoms with Gasteiger partial charge in [-0.1, -0.05) is 6.07 Å². The van der Waals surface area contributed by atoms with Crippen LogP contribution in [0.1, 0.15) is 29.2 Å². The lowest BCUT2D eigenvalue weighted by Gasteiger charge is -2.22. The molecule has 0 saturated carbocycles. The van der Waals surface area contributed by atoms with Crippen LogP contribution in [0, 0.1) is 28.4 Å². The van der Waals surface area contributed by atoms with Crippen molar-refractivity contribution in [3.8, 4) is 6.07 Å². The van der Waals surface area contributed by atoms with E-state index < -0.39 is 35.0 Å². The minimum absolute atomic E-state index is 0.137. The van der Waals surface area contributed by atoms with E-state index in [9.17, 15) is 28.1 Å². The zero-order chi connectivity index (χ0) is 22.1. The standard InChI is InChI=1S/C19H16F3N5O3/c1-10-6-11(2-5-16(10)27(29)30)14-7-15(26-17(14)19(20,21)22)18(28)25-13-4-3-12(8-23)24-9-13/h2-6,9,14-15,17,26H,7H2,1H3,(H,25,28). The first kappa shape index (κ1) is 21.2. The lowest BCUT2D eigenvalue weighted by atomic mass is 9.89. The molecule has 2 N–H and O–H groups in total. The highest BCUT2D eigenvalue weighted by molar-refractivity contribution is 5.95. The maximum absolute atomic E-state index is 13.6. The highest BCUT2D eigenvalue weighted by Gasteiger charge is 2.52. The number of nitro benzene ring substituents is 1. The molecule has 1 aliphatic heterocycles. The number of hydrogen-bond acceptors (Lipinski definition) is 6. The van der Waals surface area contributed by atoms with Gasteiger partial charge in [0.1, 0.15) is 17.8 Å².